The Morgan fingerprint density at radius 1 is 1.53 bits per heavy atom. The van der Waals surface area contributed by atoms with Gasteiger partial charge in [0.05, 0.1) is 19.3 Å². The lowest BCUT2D eigenvalue weighted by atomic mass is 10.1. The lowest BCUT2D eigenvalue weighted by Gasteiger charge is -2.08. The van der Waals surface area contributed by atoms with Gasteiger partial charge in [0, 0.05) is 5.56 Å². The first-order chi connectivity index (χ1) is 7.22. The maximum Gasteiger partial charge on any atom is 0.337 e. The lowest BCUT2D eigenvalue weighted by Crippen LogP contribution is -2.02. The normalized spacial score (nSPS) is 9.47. The second-order valence-electron chi connectivity index (χ2n) is 2.88. The molecule has 15 heavy (non-hydrogen) atoms. The van der Waals surface area contributed by atoms with Gasteiger partial charge in [0.25, 0.3) is 0 Å². The molecule has 0 atom stereocenters. The van der Waals surface area contributed by atoms with Crippen molar-refractivity contribution < 1.29 is 14.3 Å². The Kier molecular flexibility index (Phi) is 3.92. The molecule has 1 aromatic rings. The van der Waals surface area contributed by atoms with Gasteiger partial charge >= 0.3 is 5.97 Å². The Morgan fingerprint density at radius 2 is 2.27 bits per heavy atom. The smallest absolute Gasteiger partial charge is 0.337 e. The molecule has 0 saturated heterocycles. The molecule has 0 heterocycles. The molecule has 0 saturated carbocycles. The summed E-state index contributed by atoms with van der Waals surface area (Å²) < 4.78 is 10.0. The molecular weight excluding hydrogens is 192 g/mol. The molecular formula is C12H14O3. The Balaban J connectivity index is 3.09. The van der Waals surface area contributed by atoms with Crippen LogP contribution in [0.15, 0.2) is 24.8 Å². The lowest BCUT2D eigenvalue weighted by molar-refractivity contribution is 0.0600. The van der Waals surface area contributed by atoms with Crippen LogP contribution in [0.2, 0.25) is 0 Å². The minimum absolute atomic E-state index is 0.369. The van der Waals surface area contributed by atoms with E-state index in [1.807, 2.05) is 6.92 Å². The fourth-order valence-electron chi connectivity index (χ4n) is 1.23. The first-order valence-electron chi connectivity index (χ1n) is 4.70. The molecule has 0 fully saturated rings. The number of hydrogen-bond acceptors (Lipinski definition) is 3. The fraction of sp³-hybridized carbons (Fsp3) is 0.250. The van der Waals surface area contributed by atoms with Crippen molar-refractivity contribution in [3.8, 4) is 5.75 Å². The second kappa shape index (κ2) is 5.20. The third-order valence-electron chi connectivity index (χ3n) is 1.95. The van der Waals surface area contributed by atoms with Crippen LogP contribution in [0.4, 0.5) is 0 Å². The van der Waals surface area contributed by atoms with Crippen LogP contribution in [-0.4, -0.2) is 19.7 Å². The van der Waals surface area contributed by atoms with Crippen LogP contribution in [-0.2, 0) is 4.74 Å². The summed E-state index contributed by atoms with van der Waals surface area (Å²) in [6.07, 6.45) is 1.69. The molecule has 0 spiro atoms. The van der Waals surface area contributed by atoms with Crippen molar-refractivity contribution in [1.82, 2.24) is 0 Å². The van der Waals surface area contributed by atoms with E-state index in [0.29, 0.717) is 17.9 Å². The van der Waals surface area contributed by atoms with Crippen molar-refractivity contribution >= 4 is 12.0 Å². The van der Waals surface area contributed by atoms with Crippen LogP contribution in [0.3, 0.4) is 0 Å². The van der Waals surface area contributed by atoms with Crippen molar-refractivity contribution in [2.45, 2.75) is 6.92 Å². The number of hydrogen-bond donors (Lipinski definition) is 0. The number of carbonyl (C=O) groups excluding carboxylic acids is 1. The Hall–Kier alpha value is -1.77. The SMILES string of the molecule is C=Cc1ccc(C(=O)OC)cc1OCC. The van der Waals surface area contributed by atoms with E-state index in [1.54, 1.807) is 24.3 Å². The Bertz CT molecular complexity index is 369. The van der Waals surface area contributed by atoms with Crippen molar-refractivity contribution in [2.24, 2.45) is 0 Å². The molecule has 0 bridgehead atoms. The zero-order valence-corrected chi connectivity index (χ0v) is 8.95. The number of methoxy groups -OCH3 is 1. The van der Waals surface area contributed by atoms with E-state index < -0.39 is 0 Å². The summed E-state index contributed by atoms with van der Waals surface area (Å²) in [4.78, 5) is 11.3. The summed E-state index contributed by atoms with van der Waals surface area (Å²) in [5, 5.41) is 0. The van der Waals surface area contributed by atoms with Crippen LogP contribution in [0, 0.1) is 0 Å². The second-order valence-corrected chi connectivity index (χ2v) is 2.88. The van der Waals surface area contributed by atoms with Gasteiger partial charge in [-0.25, -0.2) is 4.79 Å². The van der Waals surface area contributed by atoms with E-state index in [1.165, 1.54) is 7.11 Å². The molecule has 1 aromatic carbocycles. The highest BCUT2D eigenvalue weighted by molar-refractivity contribution is 5.90. The number of esters is 1. The molecule has 0 aliphatic carbocycles. The van der Waals surface area contributed by atoms with Gasteiger partial charge in [0.15, 0.2) is 0 Å². The highest BCUT2D eigenvalue weighted by atomic mass is 16.5. The van der Waals surface area contributed by atoms with E-state index >= 15 is 0 Å². The largest absolute Gasteiger partial charge is 0.493 e. The molecule has 0 radical (unpaired) electrons. The molecule has 0 unspecified atom stereocenters. The van der Waals surface area contributed by atoms with Crippen molar-refractivity contribution in [3.05, 3.63) is 35.9 Å². The van der Waals surface area contributed by atoms with E-state index in [0.717, 1.165) is 5.56 Å². The van der Waals surface area contributed by atoms with Gasteiger partial charge in [-0.05, 0) is 19.1 Å². The molecule has 80 valence electrons. The Labute approximate surface area is 89.3 Å². The van der Waals surface area contributed by atoms with Gasteiger partial charge in [-0.3, -0.25) is 0 Å². The maximum absolute atomic E-state index is 11.3. The van der Waals surface area contributed by atoms with Gasteiger partial charge in [0.1, 0.15) is 5.75 Å². The van der Waals surface area contributed by atoms with E-state index in [4.69, 9.17) is 4.74 Å². The third-order valence-corrected chi connectivity index (χ3v) is 1.95. The molecule has 0 aliphatic heterocycles. The minimum atomic E-state index is -0.369. The zero-order chi connectivity index (χ0) is 11.3. The molecule has 0 aromatic heterocycles. The summed E-state index contributed by atoms with van der Waals surface area (Å²) in [6, 6.07) is 5.13. The summed E-state index contributed by atoms with van der Waals surface area (Å²) in [5.41, 5.74) is 1.34. The molecule has 1 rings (SSSR count). The predicted molar refractivity (Wildman–Crippen MR) is 59.0 cm³/mol. The minimum Gasteiger partial charge on any atom is -0.493 e. The van der Waals surface area contributed by atoms with Gasteiger partial charge in [0.2, 0.25) is 0 Å². The fourth-order valence-corrected chi connectivity index (χ4v) is 1.23. The summed E-state index contributed by atoms with van der Waals surface area (Å²) in [7, 11) is 1.35. The predicted octanol–water partition coefficient (Wildman–Crippen LogP) is 2.51. The number of rotatable bonds is 4. The van der Waals surface area contributed by atoms with E-state index in [-0.39, 0.29) is 5.97 Å². The van der Waals surface area contributed by atoms with Gasteiger partial charge in [-0.1, -0.05) is 18.7 Å². The summed E-state index contributed by atoms with van der Waals surface area (Å²) in [6.45, 7) is 6.11. The van der Waals surface area contributed by atoms with Crippen LogP contribution >= 0.6 is 0 Å². The Morgan fingerprint density at radius 3 is 2.80 bits per heavy atom. The first kappa shape index (κ1) is 11.3. The molecule has 0 N–H and O–H groups in total. The van der Waals surface area contributed by atoms with Crippen LogP contribution in [0.25, 0.3) is 6.08 Å². The summed E-state index contributed by atoms with van der Waals surface area (Å²) in [5.74, 6) is 0.280. The average molecular weight is 206 g/mol. The highest BCUT2D eigenvalue weighted by Crippen LogP contribution is 2.22. The molecule has 3 heteroatoms. The maximum atomic E-state index is 11.3. The monoisotopic (exact) mass is 206 g/mol. The van der Waals surface area contributed by atoms with Crippen LogP contribution in [0.5, 0.6) is 5.75 Å². The van der Waals surface area contributed by atoms with Crippen LogP contribution in [0.1, 0.15) is 22.8 Å². The molecule has 0 amide bonds. The highest BCUT2D eigenvalue weighted by Gasteiger charge is 2.08. The van der Waals surface area contributed by atoms with Gasteiger partial charge < -0.3 is 9.47 Å². The van der Waals surface area contributed by atoms with Crippen molar-refractivity contribution in [3.63, 3.8) is 0 Å². The standard InChI is InChI=1S/C12H14O3/c1-4-9-6-7-10(12(13)14-3)8-11(9)15-5-2/h4,6-8H,1,5H2,2-3H3. The third kappa shape index (κ3) is 2.59. The zero-order valence-electron chi connectivity index (χ0n) is 8.95. The number of ether oxygens (including phenoxy) is 2. The quantitative estimate of drug-likeness (QED) is 0.710. The van der Waals surface area contributed by atoms with E-state index in [2.05, 4.69) is 11.3 Å². The van der Waals surface area contributed by atoms with Crippen molar-refractivity contribution in [1.29, 1.82) is 0 Å². The van der Waals surface area contributed by atoms with Crippen LogP contribution < -0.4 is 4.74 Å². The molecule has 3 nitrogen and oxygen atoms in total. The number of carbonyl (C=O) groups is 1. The summed E-state index contributed by atoms with van der Waals surface area (Å²) >= 11 is 0. The molecule has 0 aliphatic rings. The van der Waals surface area contributed by atoms with E-state index in [9.17, 15) is 4.79 Å². The number of benzene rings is 1. The average Bonchev–Trinajstić information content (AvgIpc) is 2.28. The van der Waals surface area contributed by atoms with Gasteiger partial charge in [-0.15, -0.1) is 0 Å². The topological polar surface area (TPSA) is 35.5 Å². The van der Waals surface area contributed by atoms with Gasteiger partial charge in [-0.2, -0.15) is 0 Å². The van der Waals surface area contributed by atoms with Crippen molar-refractivity contribution in [2.75, 3.05) is 13.7 Å². The first-order valence-corrected chi connectivity index (χ1v) is 4.70.